The molecule has 0 aliphatic heterocycles. The highest BCUT2D eigenvalue weighted by Gasteiger charge is 2.10. The van der Waals surface area contributed by atoms with Crippen molar-refractivity contribution in [2.45, 2.75) is 20.8 Å². The van der Waals surface area contributed by atoms with Gasteiger partial charge in [-0.2, -0.15) is 0 Å². The number of carbonyl (C=O) groups is 1. The first-order valence-corrected chi connectivity index (χ1v) is 9.31. The molecule has 0 aliphatic rings. The van der Waals surface area contributed by atoms with Crippen LogP contribution in [0.3, 0.4) is 0 Å². The summed E-state index contributed by atoms with van der Waals surface area (Å²) in [6, 6.07) is 14.6. The standard InChI is InChI=1S/C15H11N3O2.C9H10O/c1-9(2)12-7-16-8-13(17-12)14-18-11-6-4-3-5-10(11)15(19)20-14;1-7-5-3-4-6-9(7)8(2)10/h3-8H,1H2,2H3;3-6H,1-2H3. The Hall–Kier alpha value is -3.93. The maximum Gasteiger partial charge on any atom is 0.347 e. The second-order valence-corrected chi connectivity index (χ2v) is 6.76. The van der Waals surface area contributed by atoms with E-state index in [2.05, 4.69) is 21.5 Å². The number of hydrogen-bond acceptors (Lipinski definition) is 6. The second-order valence-electron chi connectivity index (χ2n) is 6.76. The van der Waals surface area contributed by atoms with Gasteiger partial charge in [-0.1, -0.05) is 43.0 Å². The van der Waals surface area contributed by atoms with Crippen molar-refractivity contribution >= 4 is 22.3 Å². The minimum absolute atomic E-state index is 0.137. The molecule has 0 spiro atoms. The summed E-state index contributed by atoms with van der Waals surface area (Å²) in [4.78, 5) is 35.5. The highest BCUT2D eigenvalue weighted by atomic mass is 16.4. The Morgan fingerprint density at radius 2 is 1.67 bits per heavy atom. The molecule has 2 heterocycles. The molecule has 0 N–H and O–H groups in total. The van der Waals surface area contributed by atoms with Gasteiger partial charge < -0.3 is 4.42 Å². The van der Waals surface area contributed by atoms with Gasteiger partial charge >= 0.3 is 5.63 Å². The lowest BCUT2D eigenvalue weighted by atomic mass is 10.1. The number of Topliss-reactive ketones (excluding diaryl/α,β-unsaturated/α-hetero) is 1. The van der Waals surface area contributed by atoms with Crippen LogP contribution < -0.4 is 5.63 Å². The van der Waals surface area contributed by atoms with E-state index in [4.69, 9.17) is 4.42 Å². The van der Waals surface area contributed by atoms with Crippen molar-refractivity contribution in [1.82, 2.24) is 15.0 Å². The van der Waals surface area contributed by atoms with Gasteiger partial charge in [-0.05, 0) is 44.0 Å². The summed E-state index contributed by atoms with van der Waals surface area (Å²) in [7, 11) is 0. The average Bonchev–Trinajstić information content (AvgIpc) is 2.74. The van der Waals surface area contributed by atoms with Gasteiger partial charge in [0.1, 0.15) is 5.69 Å². The number of nitrogens with zero attached hydrogens (tertiary/aromatic N) is 3. The molecular formula is C24H21N3O3. The van der Waals surface area contributed by atoms with Crippen LogP contribution in [0.1, 0.15) is 35.5 Å². The van der Waals surface area contributed by atoms with Crippen molar-refractivity contribution in [3.05, 3.63) is 94.7 Å². The lowest BCUT2D eigenvalue weighted by Crippen LogP contribution is -2.04. The minimum atomic E-state index is -0.437. The molecule has 6 nitrogen and oxygen atoms in total. The first-order chi connectivity index (χ1) is 14.4. The molecule has 0 aliphatic carbocycles. The Morgan fingerprint density at radius 1 is 0.967 bits per heavy atom. The Balaban J connectivity index is 0.000000216. The molecule has 6 heteroatoms. The number of rotatable bonds is 3. The van der Waals surface area contributed by atoms with Crippen molar-refractivity contribution in [2.24, 2.45) is 0 Å². The number of hydrogen-bond donors (Lipinski definition) is 0. The zero-order valence-corrected chi connectivity index (χ0v) is 17.0. The average molecular weight is 399 g/mol. The fourth-order valence-corrected chi connectivity index (χ4v) is 2.77. The van der Waals surface area contributed by atoms with E-state index in [0.29, 0.717) is 22.3 Å². The summed E-state index contributed by atoms with van der Waals surface area (Å²) in [6.07, 6.45) is 3.11. The van der Waals surface area contributed by atoms with Gasteiger partial charge in [0.2, 0.25) is 0 Å². The van der Waals surface area contributed by atoms with Crippen molar-refractivity contribution in [1.29, 1.82) is 0 Å². The van der Waals surface area contributed by atoms with Crippen LogP contribution in [0.15, 0.2) is 76.7 Å². The fraction of sp³-hybridized carbons (Fsp3) is 0.125. The highest BCUT2D eigenvalue weighted by Crippen LogP contribution is 2.17. The van der Waals surface area contributed by atoms with E-state index in [-0.39, 0.29) is 11.7 Å². The van der Waals surface area contributed by atoms with Crippen LogP contribution in [0.5, 0.6) is 0 Å². The quantitative estimate of drug-likeness (QED) is 0.457. The molecule has 30 heavy (non-hydrogen) atoms. The van der Waals surface area contributed by atoms with Crippen LogP contribution in [0, 0.1) is 6.92 Å². The molecule has 150 valence electrons. The van der Waals surface area contributed by atoms with Gasteiger partial charge in [0.25, 0.3) is 5.89 Å². The van der Waals surface area contributed by atoms with E-state index in [1.807, 2.05) is 44.2 Å². The van der Waals surface area contributed by atoms with E-state index < -0.39 is 5.63 Å². The highest BCUT2D eigenvalue weighted by molar-refractivity contribution is 5.95. The Bertz CT molecular complexity index is 1290. The number of aryl methyl sites for hydroxylation is 1. The summed E-state index contributed by atoms with van der Waals surface area (Å²) in [5.74, 6) is 0.294. The van der Waals surface area contributed by atoms with E-state index in [0.717, 1.165) is 16.7 Å². The van der Waals surface area contributed by atoms with Gasteiger partial charge in [0.15, 0.2) is 5.78 Å². The third-order valence-electron chi connectivity index (χ3n) is 4.35. The zero-order chi connectivity index (χ0) is 21.7. The summed E-state index contributed by atoms with van der Waals surface area (Å²) < 4.78 is 5.21. The number of fused-ring (bicyclic) bond motifs is 1. The van der Waals surface area contributed by atoms with Gasteiger partial charge in [-0.15, -0.1) is 0 Å². The molecule has 0 saturated heterocycles. The van der Waals surface area contributed by atoms with Crippen molar-refractivity contribution < 1.29 is 9.21 Å². The van der Waals surface area contributed by atoms with Gasteiger partial charge in [0.05, 0.1) is 29.0 Å². The molecule has 2 aromatic heterocycles. The van der Waals surface area contributed by atoms with Crippen LogP contribution in [-0.2, 0) is 0 Å². The van der Waals surface area contributed by atoms with Crippen molar-refractivity contribution in [3.63, 3.8) is 0 Å². The molecule has 0 bridgehead atoms. The van der Waals surface area contributed by atoms with Gasteiger partial charge in [0, 0.05) is 5.56 Å². The largest absolute Gasteiger partial charge is 0.401 e. The van der Waals surface area contributed by atoms with Crippen molar-refractivity contribution in [2.75, 3.05) is 0 Å². The summed E-state index contributed by atoms with van der Waals surface area (Å²) in [5, 5.41) is 0.445. The molecule has 0 radical (unpaired) electrons. The normalized spacial score (nSPS) is 10.2. The van der Waals surface area contributed by atoms with Crippen LogP contribution in [0.25, 0.3) is 28.1 Å². The SMILES string of the molecule is C=C(C)c1cncc(-c2nc3ccccc3c(=O)o2)n1.CC(=O)c1ccccc1C. The predicted octanol–water partition coefficient (Wildman–Crippen LogP) is 4.88. The molecule has 0 fully saturated rings. The van der Waals surface area contributed by atoms with Gasteiger partial charge in [-0.3, -0.25) is 9.78 Å². The smallest absolute Gasteiger partial charge is 0.347 e. The number of ketones is 1. The van der Waals surface area contributed by atoms with Crippen LogP contribution in [-0.4, -0.2) is 20.7 Å². The lowest BCUT2D eigenvalue weighted by molar-refractivity contribution is 0.101. The summed E-state index contributed by atoms with van der Waals surface area (Å²) in [5.41, 5.74) is 3.84. The minimum Gasteiger partial charge on any atom is -0.401 e. The lowest BCUT2D eigenvalue weighted by Gasteiger charge is -2.03. The Labute approximate surface area is 174 Å². The number of benzene rings is 2. The third kappa shape index (κ3) is 4.72. The number of para-hydroxylation sites is 1. The molecular weight excluding hydrogens is 378 g/mol. The van der Waals surface area contributed by atoms with Crippen molar-refractivity contribution in [3.8, 4) is 11.6 Å². The molecule has 0 amide bonds. The Morgan fingerprint density at radius 3 is 2.33 bits per heavy atom. The molecule has 0 unspecified atom stereocenters. The first kappa shape index (κ1) is 20.8. The van der Waals surface area contributed by atoms with E-state index in [9.17, 15) is 9.59 Å². The first-order valence-electron chi connectivity index (χ1n) is 9.31. The fourth-order valence-electron chi connectivity index (χ4n) is 2.77. The number of aromatic nitrogens is 3. The summed E-state index contributed by atoms with van der Waals surface area (Å²) in [6.45, 7) is 9.17. The molecule has 4 aromatic rings. The van der Waals surface area contributed by atoms with E-state index in [1.165, 1.54) is 6.20 Å². The molecule has 4 rings (SSSR count). The molecule has 2 aromatic carbocycles. The Kier molecular flexibility index (Phi) is 6.27. The summed E-state index contributed by atoms with van der Waals surface area (Å²) >= 11 is 0. The topological polar surface area (TPSA) is 85.9 Å². The van der Waals surface area contributed by atoms with Crippen LogP contribution in [0.4, 0.5) is 0 Å². The number of carbonyl (C=O) groups excluding carboxylic acids is 1. The maximum absolute atomic E-state index is 11.9. The maximum atomic E-state index is 11.9. The second kappa shape index (κ2) is 9.05. The van der Waals surface area contributed by atoms with Crippen LogP contribution in [0.2, 0.25) is 0 Å². The number of allylic oxidation sites excluding steroid dienone is 1. The predicted molar refractivity (Wildman–Crippen MR) is 117 cm³/mol. The monoisotopic (exact) mass is 399 g/mol. The van der Waals surface area contributed by atoms with E-state index >= 15 is 0 Å². The molecule has 0 saturated carbocycles. The van der Waals surface area contributed by atoms with Gasteiger partial charge in [-0.25, -0.2) is 14.8 Å². The third-order valence-corrected chi connectivity index (χ3v) is 4.35. The van der Waals surface area contributed by atoms with Crippen LogP contribution >= 0.6 is 0 Å². The van der Waals surface area contributed by atoms with E-state index in [1.54, 1.807) is 31.3 Å². The zero-order valence-electron chi connectivity index (χ0n) is 17.0. The molecule has 0 atom stereocenters.